The van der Waals surface area contributed by atoms with Gasteiger partial charge < -0.3 is 14.9 Å². The molecule has 0 amide bonds. The van der Waals surface area contributed by atoms with Gasteiger partial charge in [0.1, 0.15) is 11.6 Å². The number of oxazole rings is 1. The number of anilines is 1. The Balaban J connectivity index is 2.08. The third-order valence-corrected chi connectivity index (χ3v) is 3.10. The number of hydrogen-bond donors (Lipinski definition) is 1. The molecule has 0 aliphatic carbocycles. The smallest absolute Gasteiger partial charge is 0.225 e. The van der Waals surface area contributed by atoms with Gasteiger partial charge in [-0.1, -0.05) is 13.0 Å². The van der Waals surface area contributed by atoms with Crippen LogP contribution in [0, 0.1) is 5.92 Å². The van der Waals surface area contributed by atoms with Crippen molar-refractivity contribution < 1.29 is 9.15 Å². The van der Waals surface area contributed by atoms with Crippen LogP contribution in [0.2, 0.25) is 0 Å². The van der Waals surface area contributed by atoms with Gasteiger partial charge in [-0.25, -0.2) is 4.98 Å². The van der Waals surface area contributed by atoms with Crippen LogP contribution < -0.4 is 5.73 Å². The third kappa shape index (κ3) is 1.38. The number of aromatic nitrogens is 1. The number of rotatable bonds is 1. The highest BCUT2D eigenvalue weighted by atomic mass is 16.5. The van der Waals surface area contributed by atoms with Crippen molar-refractivity contribution in [2.24, 2.45) is 5.92 Å². The van der Waals surface area contributed by atoms with E-state index in [1.54, 1.807) is 0 Å². The Bertz CT molecular complexity index is 521. The lowest BCUT2D eigenvalue weighted by atomic mass is 10.0. The van der Waals surface area contributed by atoms with Gasteiger partial charge in [0.25, 0.3) is 0 Å². The molecule has 16 heavy (non-hydrogen) atoms. The molecule has 1 fully saturated rings. The van der Waals surface area contributed by atoms with Crippen molar-refractivity contribution in [1.29, 1.82) is 0 Å². The third-order valence-electron chi connectivity index (χ3n) is 3.10. The van der Waals surface area contributed by atoms with Gasteiger partial charge in [-0.05, 0) is 24.5 Å². The maximum Gasteiger partial charge on any atom is 0.225 e. The highest BCUT2D eigenvalue weighted by Gasteiger charge is 2.30. The van der Waals surface area contributed by atoms with Crippen LogP contribution in [0.1, 0.15) is 25.3 Å². The summed E-state index contributed by atoms with van der Waals surface area (Å²) in [6.45, 7) is 2.93. The van der Waals surface area contributed by atoms with Crippen LogP contribution in [0.25, 0.3) is 11.1 Å². The van der Waals surface area contributed by atoms with E-state index < -0.39 is 0 Å². The van der Waals surface area contributed by atoms with Crippen molar-refractivity contribution in [1.82, 2.24) is 4.98 Å². The molecule has 0 radical (unpaired) electrons. The minimum absolute atomic E-state index is 0.0215. The van der Waals surface area contributed by atoms with Crippen molar-refractivity contribution in [2.75, 3.05) is 12.3 Å². The van der Waals surface area contributed by atoms with Gasteiger partial charge >= 0.3 is 0 Å². The fraction of sp³-hybridized carbons (Fsp3) is 0.417. The van der Waals surface area contributed by atoms with E-state index in [0.29, 0.717) is 17.5 Å². The highest BCUT2D eigenvalue weighted by molar-refractivity contribution is 5.85. The van der Waals surface area contributed by atoms with Crippen LogP contribution in [-0.4, -0.2) is 11.6 Å². The summed E-state index contributed by atoms with van der Waals surface area (Å²) in [7, 11) is 0. The Hall–Kier alpha value is -1.55. The minimum atomic E-state index is -0.0215. The summed E-state index contributed by atoms with van der Waals surface area (Å²) in [6.07, 6.45) is 1.03. The molecular weight excluding hydrogens is 204 g/mol. The van der Waals surface area contributed by atoms with Gasteiger partial charge in [-0.3, -0.25) is 0 Å². The largest absolute Gasteiger partial charge is 0.438 e. The average molecular weight is 218 g/mol. The monoisotopic (exact) mass is 218 g/mol. The van der Waals surface area contributed by atoms with Crippen LogP contribution in [0.5, 0.6) is 0 Å². The minimum Gasteiger partial charge on any atom is -0.438 e. The van der Waals surface area contributed by atoms with E-state index in [0.717, 1.165) is 24.1 Å². The number of nitrogens with zero attached hydrogens (tertiary/aromatic N) is 1. The summed E-state index contributed by atoms with van der Waals surface area (Å²) in [5.74, 6) is 1.10. The van der Waals surface area contributed by atoms with Gasteiger partial charge in [-0.2, -0.15) is 0 Å². The second kappa shape index (κ2) is 3.49. The second-order valence-electron chi connectivity index (χ2n) is 4.30. The van der Waals surface area contributed by atoms with Gasteiger partial charge in [0.2, 0.25) is 5.89 Å². The van der Waals surface area contributed by atoms with E-state index in [1.807, 2.05) is 18.2 Å². The highest BCUT2D eigenvalue weighted by Crippen LogP contribution is 2.35. The van der Waals surface area contributed by atoms with E-state index in [9.17, 15) is 0 Å². The summed E-state index contributed by atoms with van der Waals surface area (Å²) >= 11 is 0. The van der Waals surface area contributed by atoms with Crippen molar-refractivity contribution in [2.45, 2.75) is 19.4 Å². The lowest BCUT2D eigenvalue weighted by Gasteiger charge is -2.08. The van der Waals surface area contributed by atoms with Crippen molar-refractivity contribution in [3.8, 4) is 0 Å². The van der Waals surface area contributed by atoms with E-state index in [1.165, 1.54) is 0 Å². The molecule has 1 aromatic heterocycles. The van der Waals surface area contributed by atoms with Crippen LogP contribution in [0.4, 0.5) is 5.69 Å². The normalized spacial score (nSPS) is 25.3. The summed E-state index contributed by atoms with van der Waals surface area (Å²) in [5, 5.41) is 0. The summed E-state index contributed by atoms with van der Waals surface area (Å²) in [5.41, 5.74) is 7.96. The predicted molar refractivity (Wildman–Crippen MR) is 60.9 cm³/mol. The zero-order chi connectivity index (χ0) is 11.1. The first kappa shape index (κ1) is 9.66. The topological polar surface area (TPSA) is 61.3 Å². The van der Waals surface area contributed by atoms with Gasteiger partial charge in [0.15, 0.2) is 5.58 Å². The number of hydrogen-bond acceptors (Lipinski definition) is 4. The molecule has 1 aliphatic rings. The molecule has 1 aliphatic heterocycles. The molecule has 4 heteroatoms. The predicted octanol–water partition coefficient (Wildman–Crippen LogP) is 2.51. The molecule has 2 atom stereocenters. The van der Waals surface area contributed by atoms with Crippen molar-refractivity contribution in [3.05, 3.63) is 24.1 Å². The zero-order valence-electron chi connectivity index (χ0n) is 9.14. The molecule has 1 aromatic carbocycles. The second-order valence-corrected chi connectivity index (χ2v) is 4.30. The molecule has 0 saturated carbocycles. The Morgan fingerprint density at radius 3 is 3.00 bits per heavy atom. The maximum atomic E-state index is 5.84. The number of benzene rings is 1. The van der Waals surface area contributed by atoms with E-state index in [4.69, 9.17) is 14.9 Å². The Morgan fingerprint density at radius 2 is 2.31 bits per heavy atom. The first-order valence-electron chi connectivity index (χ1n) is 5.52. The number of para-hydroxylation sites is 1. The lowest BCUT2D eigenvalue weighted by molar-refractivity contribution is 0.0730. The first-order chi connectivity index (χ1) is 7.75. The van der Waals surface area contributed by atoms with Crippen LogP contribution in [0.15, 0.2) is 22.6 Å². The Kier molecular flexibility index (Phi) is 2.11. The van der Waals surface area contributed by atoms with Crippen molar-refractivity contribution in [3.63, 3.8) is 0 Å². The van der Waals surface area contributed by atoms with E-state index >= 15 is 0 Å². The fourth-order valence-electron chi connectivity index (χ4n) is 2.12. The number of fused-ring (bicyclic) bond motifs is 1. The summed E-state index contributed by atoms with van der Waals surface area (Å²) < 4.78 is 11.3. The first-order valence-corrected chi connectivity index (χ1v) is 5.52. The fourth-order valence-corrected chi connectivity index (χ4v) is 2.12. The van der Waals surface area contributed by atoms with Crippen LogP contribution >= 0.6 is 0 Å². The maximum absolute atomic E-state index is 5.84. The Labute approximate surface area is 93.4 Å². The zero-order valence-corrected chi connectivity index (χ0v) is 9.14. The van der Waals surface area contributed by atoms with Crippen LogP contribution in [-0.2, 0) is 4.74 Å². The molecule has 3 rings (SSSR count). The molecule has 1 saturated heterocycles. The lowest BCUT2D eigenvalue weighted by Crippen LogP contribution is -2.03. The molecule has 0 spiro atoms. The van der Waals surface area contributed by atoms with Crippen LogP contribution in [0.3, 0.4) is 0 Å². The molecule has 0 bridgehead atoms. The molecule has 84 valence electrons. The summed E-state index contributed by atoms with van der Waals surface area (Å²) in [4.78, 5) is 4.43. The molecule has 2 unspecified atom stereocenters. The summed E-state index contributed by atoms with van der Waals surface area (Å²) in [6, 6.07) is 5.57. The number of nitrogen functional groups attached to an aromatic ring is 1. The molecule has 2 aromatic rings. The number of nitrogens with two attached hydrogens (primary N) is 1. The molecule has 4 nitrogen and oxygen atoms in total. The standard InChI is InChI=1S/C12H14N2O2/c1-7-5-6-15-11(7)12-14-10-8(13)3-2-4-9(10)16-12/h2-4,7,11H,5-6,13H2,1H3. The molecule has 2 heterocycles. The van der Waals surface area contributed by atoms with Crippen molar-refractivity contribution >= 4 is 16.8 Å². The van der Waals surface area contributed by atoms with E-state index in [2.05, 4.69) is 11.9 Å². The average Bonchev–Trinajstić information content (AvgIpc) is 2.84. The van der Waals surface area contributed by atoms with Gasteiger partial charge in [-0.15, -0.1) is 0 Å². The van der Waals surface area contributed by atoms with Gasteiger partial charge in [0, 0.05) is 6.61 Å². The number of ether oxygens (including phenoxy) is 1. The SMILES string of the molecule is CC1CCOC1c1nc2c(N)cccc2o1. The molecular formula is C12H14N2O2. The molecule has 2 N–H and O–H groups in total. The van der Waals surface area contributed by atoms with Gasteiger partial charge in [0.05, 0.1) is 5.69 Å². The Morgan fingerprint density at radius 1 is 1.44 bits per heavy atom. The quantitative estimate of drug-likeness (QED) is 0.747. The van der Waals surface area contributed by atoms with E-state index in [-0.39, 0.29) is 6.10 Å².